The van der Waals surface area contributed by atoms with E-state index in [-0.39, 0.29) is 24.8 Å². The number of amides is 2. The Morgan fingerprint density at radius 2 is 2.06 bits per heavy atom. The summed E-state index contributed by atoms with van der Waals surface area (Å²) in [5.74, 6) is -1.11. The molecule has 6 heteroatoms. The molecule has 1 aliphatic rings. The maximum absolute atomic E-state index is 12.8. The van der Waals surface area contributed by atoms with Crippen LogP contribution in [0.5, 0.6) is 0 Å². The van der Waals surface area contributed by atoms with E-state index in [1.165, 1.54) is 29.6 Å². The van der Waals surface area contributed by atoms with Gasteiger partial charge in [-0.1, -0.05) is 0 Å². The Morgan fingerprint density at radius 3 is 2.67 bits per heavy atom. The monoisotopic (exact) mass is 248 g/mol. The fourth-order valence-corrected chi connectivity index (χ4v) is 1.90. The molecule has 0 spiro atoms. The van der Waals surface area contributed by atoms with E-state index in [9.17, 15) is 14.0 Å². The number of hydrogen-bond donors (Lipinski definition) is 1. The van der Waals surface area contributed by atoms with Crippen molar-refractivity contribution in [1.29, 1.82) is 5.26 Å². The maximum Gasteiger partial charge on any atom is 0.292 e. The first-order valence-corrected chi connectivity index (χ1v) is 5.46. The maximum atomic E-state index is 12.8. The first-order chi connectivity index (χ1) is 8.63. The van der Waals surface area contributed by atoms with Crippen molar-refractivity contribution in [3.05, 3.63) is 30.1 Å². The van der Waals surface area contributed by atoms with Crippen molar-refractivity contribution in [1.82, 2.24) is 0 Å². The van der Waals surface area contributed by atoms with Crippen molar-refractivity contribution in [3.8, 4) is 6.07 Å². The van der Waals surface area contributed by atoms with Crippen molar-refractivity contribution in [2.24, 2.45) is 0 Å². The smallest absolute Gasteiger partial charge is 0.292 e. The molecule has 0 aliphatic carbocycles. The summed E-state index contributed by atoms with van der Waals surface area (Å²) in [4.78, 5) is 24.8. The topological polar surface area (TPSA) is 77.8 Å². The molecule has 1 atom stereocenters. The van der Waals surface area contributed by atoms with Crippen molar-refractivity contribution in [2.45, 2.75) is 12.5 Å². The number of imide groups is 1. The SMILES string of the molecule is N#CC[NH2+][C@H]1CC(=O)N(c2ccc(F)cc2)C1=O. The molecule has 92 valence electrons. The highest BCUT2D eigenvalue weighted by molar-refractivity contribution is 6.21. The van der Waals surface area contributed by atoms with Crippen LogP contribution in [0.15, 0.2) is 24.3 Å². The van der Waals surface area contributed by atoms with E-state index < -0.39 is 11.9 Å². The summed E-state index contributed by atoms with van der Waals surface area (Å²) in [5.41, 5.74) is 0.360. The van der Waals surface area contributed by atoms with Crippen LogP contribution in [0, 0.1) is 17.1 Å². The first kappa shape index (κ1) is 12.2. The first-order valence-electron chi connectivity index (χ1n) is 5.46. The summed E-state index contributed by atoms with van der Waals surface area (Å²) in [7, 11) is 0. The molecule has 1 aromatic rings. The van der Waals surface area contributed by atoms with E-state index >= 15 is 0 Å². The minimum absolute atomic E-state index is 0.0674. The summed E-state index contributed by atoms with van der Waals surface area (Å²) in [6.07, 6.45) is 0.0674. The Hall–Kier alpha value is -2.26. The van der Waals surface area contributed by atoms with Crippen LogP contribution in [0.25, 0.3) is 0 Å². The number of nitrogens with two attached hydrogens (primary N) is 1. The van der Waals surface area contributed by atoms with Crippen LogP contribution in [0.1, 0.15) is 6.42 Å². The van der Waals surface area contributed by atoms with Gasteiger partial charge in [-0.25, -0.2) is 9.29 Å². The number of carbonyl (C=O) groups excluding carboxylic acids is 2. The van der Waals surface area contributed by atoms with Crippen LogP contribution >= 0.6 is 0 Å². The summed E-state index contributed by atoms with van der Waals surface area (Å²) in [6, 6.07) is 6.52. The summed E-state index contributed by atoms with van der Waals surface area (Å²) >= 11 is 0. The molecule has 1 aliphatic heterocycles. The largest absolute Gasteiger partial charge is 0.324 e. The van der Waals surface area contributed by atoms with Gasteiger partial charge in [0.1, 0.15) is 11.9 Å². The van der Waals surface area contributed by atoms with Gasteiger partial charge in [0, 0.05) is 0 Å². The molecule has 1 aromatic carbocycles. The third kappa shape index (κ3) is 2.21. The number of carbonyl (C=O) groups is 2. The molecule has 0 unspecified atom stereocenters. The molecule has 5 nitrogen and oxygen atoms in total. The molecule has 2 rings (SSSR count). The number of nitriles is 1. The zero-order valence-electron chi connectivity index (χ0n) is 9.47. The van der Waals surface area contributed by atoms with Gasteiger partial charge < -0.3 is 5.32 Å². The van der Waals surface area contributed by atoms with E-state index in [2.05, 4.69) is 0 Å². The van der Waals surface area contributed by atoms with E-state index in [4.69, 9.17) is 5.26 Å². The molecular formula is C12H11FN3O2+. The second-order valence-corrected chi connectivity index (χ2v) is 3.95. The lowest BCUT2D eigenvalue weighted by molar-refractivity contribution is -0.664. The van der Waals surface area contributed by atoms with Crippen molar-refractivity contribution < 1.29 is 19.3 Å². The van der Waals surface area contributed by atoms with E-state index in [0.29, 0.717) is 5.69 Å². The van der Waals surface area contributed by atoms with Gasteiger partial charge in [-0.2, -0.15) is 5.26 Å². The molecule has 1 heterocycles. The van der Waals surface area contributed by atoms with Gasteiger partial charge in [0.05, 0.1) is 12.1 Å². The molecular weight excluding hydrogens is 237 g/mol. The van der Waals surface area contributed by atoms with Crippen molar-refractivity contribution in [3.63, 3.8) is 0 Å². The molecule has 0 aromatic heterocycles. The standard InChI is InChI=1S/C12H10FN3O2/c13-8-1-3-9(4-2-8)16-11(17)7-10(12(16)18)15-6-5-14/h1-4,10,15H,6-7H2/p+1/t10-/m0/s1. The molecule has 18 heavy (non-hydrogen) atoms. The van der Waals surface area contributed by atoms with Crippen LogP contribution in [0.3, 0.4) is 0 Å². The molecule has 0 bridgehead atoms. The van der Waals surface area contributed by atoms with Crippen LogP contribution in [-0.2, 0) is 9.59 Å². The highest BCUT2D eigenvalue weighted by Gasteiger charge is 2.41. The minimum atomic E-state index is -0.554. The van der Waals surface area contributed by atoms with E-state index in [1.807, 2.05) is 6.07 Å². The predicted molar refractivity (Wildman–Crippen MR) is 59.7 cm³/mol. The highest BCUT2D eigenvalue weighted by atomic mass is 19.1. The number of quaternary nitrogens is 1. The Morgan fingerprint density at radius 1 is 1.39 bits per heavy atom. The normalized spacial score (nSPS) is 19.1. The average molecular weight is 248 g/mol. The Bertz CT molecular complexity index is 521. The van der Waals surface area contributed by atoms with Crippen LogP contribution in [0.4, 0.5) is 10.1 Å². The number of nitrogens with zero attached hydrogens (tertiary/aromatic N) is 2. The predicted octanol–water partition coefficient (Wildman–Crippen LogP) is -0.455. The van der Waals surface area contributed by atoms with Gasteiger partial charge in [0.25, 0.3) is 5.91 Å². The Labute approximate surface area is 103 Å². The van der Waals surface area contributed by atoms with Gasteiger partial charge in [0.2, 0.25) is 5.91 Å². The number of benzene rings is 1. The van der Waals surface area contributed by atoms with Gasteiger partial charge in [-0.3, -0.25) is 9.59 Å². The molecule has 2 N–H and O–H groups in total. The summed E-state index contributed by atoms with van der Waals surface area (Å²) < 4.78 is 12.8. The molecule has 2 amide bonds. The fourth-order valence-electron chi connectivity index (χ4n) is 1.90. The third-order valence-corrected chi connectivity index (χ3v) is 2.76. The third-order valence-electron chi connectivity index (χ3n) is 2.76. The van der Waals surface area contributed by atoms with Crippen LogP contribution < -0.4 is 10.2 Å². The Kier molecular flexibility index (Phi) is 3.35. The van der Waals surface area contributed by atoms with Gasteiger partial charge >= 0.3 is 0 Å². The van der Waals surface area contributed by atoms with Crippen molar-refractivity contribution >= 4 is 17.5 Å². The second kappa shape index (κ2) is 4.94. The van der Waals surface area contributed by atoms with Gasteiger partial charge in [-0.15, -0.1) is 0 Å². The lowest BCUT2D eigenvalue weighted by atomic mass is 10.2. The number of anilines is 1. The fraction of sp³-hybridized carbons (Fsp3) is 0.250. The van der Waals surface area contributed by atoms with Gasteiger partial charge in [0.15, 0.2) is 12.6 Å². The lowest BCUT2D eigenvalue weighted by Crippen LogP contribution is -2.91. The molecule has 0 saturated carbocycles. The molecule has 1 saturated heterocycles. The second-order valence-electron chi connectivity index (χ2n) is 3.95. The van der Waals surface area contributed by atoms with Crippen LogP contribution in [0.2, 0.25) is 0 Å². The quantitative estimate of drug-likeness (QED) is 0.581. The molecule has 1 fully saturated rings. The zero-order valence-corrected chi connectivity index (χ0v) is 9.47. The summed E-state index contributed by atoms with van der Waals surface area (Å²) in [5, 5.41) is 9.99. The minimum Gasteiger partial charge on any atom is -0.324 e. The number of hydrogen-bond acceptors (Lipinski definition) is 3. The number of halogens is 1. The average Bonchev–Trinajstić information content (AvgIpc) is 2.63. The van der Waals surface area contributed by atoms with E-state index in [1.54, 1.807) is 0 Å². The van der Waals surface area contributed by atoms with Crippen molar-refractivity contribution in [2.75, 3.05) is 11.4 Å². The van der Waals surface area contributed by atoms with Gasteiger partial charge in [-0.05, 0) is 24.3 Å². The lowest BCUT2D eigenvalue weighted by Gasteiger charge is -2.13. The highest BCUT2D eigenvalue weighted by Crippen LogP contribution is 2.21. The zero-order chi connectivity index (χ0) is 13.1. The Balaban J connectivity index is 2.19. The van der Waals surface area contributed by atoms with Crippen LogP contribution in [-0.4, -0.2) is 24.4 Å². The summed E-state index contributed by atoms with van der Waals surface area (Å²) in [6.45, 7) is 0.126. The van der Waals surface area contributed by atoms with E-state index in [0.717, 1.165) is 4.90 Å². The number of rotatable bonds is 3. The molecule has 0 radical (unpaired) electrons.